The van der Waals surface area contributed by atoms with Crippen molar-refractivity contribution in [1.82, 2.24) is 10.2 Å². The maximum atomic E-state index is 13.3. The molecule has 152 valence electrons. The zero-order valence-corrected chi connectivity index (χ0v) is 16.6. The lowest BCUT2D eigenvalue weighted by atomic mass is 9.85. The molecular formula is C24H28N2O3. The normalized spacial score (nSPS) is 31.9. The minimum atomic E-state index is -0.760. The van der Waals surface area contributed by atoms with E-state index in [2.05, 4.69) is 17.5 Å². The van der Waals surface area contributed by atoms with Crippen LogP contribution in [0.1, 0.15) is 44.1 Å². The third-order valence-electron chi connectivity index (χ3n) is 7.34. The molecule has 5 rings (SSSR count). The fraction of sp³-hybridized carbons (Fsp3) is 0.542. The molecule has 1 aliphatic heterocycles. The first-order valence-electron chi connectivity index (χ1n) is 11.0. The number of hydrogen-bond donors (Lipinski definition) is 1. The average molecular weight is 392 g/mol. The summed E-state index contributed by atoms with van der Waals surface area (Å²) >= 11 is 0. The van der Waals surface area contributed by atoms with Crippen LogP contribution < -0.4 is 5.32 Å². The van der Waals surface area contributed by atoms with Crippen LogP contribution in [0.15, 0.2) is 42.5 Å². The topological polar surface area (TPSA) is 66.5 Å². The molecule has 1 N–H and O–H groups in total. The minimum Gasteiger partial charge on any atom is -0.352 e. The molecule has 5 heteroatoms. The zero-order valence-electron chi connectivity index (χ0n) is 16.6. The number of nitrogens with zero attached hydrogens (tertiary/aromatic N) is 1. The Kier molecular flexibility index (Phi) is 4.76. The lowest BCUT2D eigenvalue weighted by Gasteiger charge is -2.30. The Labute approximate surface area is 171 Å². The van der Waals surface area contributed by atoms with Crippen LogP contribution in [-0.4, -0.2) is 34.7 Å². The van der Waals surface area contributed by atoms with Gasteiger partial charge in [-0.3, -0.25) is 19.3 Å². The first kappa shape index (κ1) is 18.6. The highest BCUT2D eigenvalue weighted by molar-refractivity contribution is 6.09. The number of carbonyl (C=O) groups is 3. The molecule has 1 aromatic carbocycles. The van der Waals surface area contributed by atoms with Gasteiger partial charge in [0.15, 0.2) is 0 Å². The zero-order chi connectivity index (χ0) is 20.0. The second kappa shape index (κ2) is 7.43. The number of nitrogens with one attached hydrogen (secondary N) is 1. The van der Waals surface area contributed by atoms with Crippen LogP contribution in [0.4, 0.5) is 0 Å². The van der Waals surface area contributed by atoms with Crippen LogP contribution in [0.25, 0.3) is 0 Å². The average Bonchev–Trinajstić information content (AvgIpc) is 3.42. The Morgan fingerprint density at radius 3 is 2.21 bits per heavy atom. The van der Waals surface area contributed by atoms with Gasteiger partial charge in [-0.15, -0.1) is 0 Å². The largest absolute Gasteiger partial charge is 0.352 e. The number of benzene rings is 1. The van der Waals surface area contributed by atoms with Crippen molar-refractivity contribution in [2.75, 3.05) is 0 Å². The van der Waals surface area contributed by atoms with Gasteiger partial charge in [0, 0.05) is 12.5 Å². The van der Waals surface area contributed by atoms with E-state index in [0.717, 1.165) is 37.7 Å². The van der Waals surface area contributed by atoms with Crippen molar-refractivity contribution in [3.63, 3.8) is 0 Å². The summed E-state index contributed by atoms with van der Waals surface area (Å²) in [5.41, 5.74) is 0.968. The van der Waals surface area contributed by atoms with Crippen molar-refractivity contribution in [2.24, 2.45) is 23.7 Å². The number of fused-ring (bicyclic) bond motifs is 5. The van der Waals surface area contributed by atoms with Gasteiger partial charge in [0.2, 0.25) is 17.7 Å². The predicted octanol–water partition coefficient (Wildman–Crippen LogP) is 2.85. The molecule has 2 bridgehead atoms. The van der Waals surface area contributed by atoms with Gasteiger partial charge in [0.1, 0.15) is 6.04 Å². The molecule has 1 aromatic rings. The molecule has 4 aliphatic rings. The Hall–Kier alpha value is -2.43. The molecule has 29 heavy (non-hydrogen) atoms. The summed E-state index contributed by atoms with van der Waals surface area (Å²) in [6.07, 6.45) is 10.9. The van der Waals surface area contributed by atoms with E-state index in [1.807, 2.05) is 30.3 Å². The standard InChI is InChI=1S/C24H28N2O3/c27-22(25-18-9-5-2-6-10-18)19(13-15-7-3-1-4-8-15)26-23(28)20-16-11-12-17(14-16)21(20)24(26)29/h1,3-4,7-8,11-12,16-21H,2,5-6,9-10,13-14H2,(H,25,27)/t16-,17+,19-,20+,21+/m1/s1. The molecule has 3 fully saturated rings. The van der Waals surface area contributed by atoms with Crippen molar-refractivity contribution in [1.29, 1.82) is 0 Å². The van der Waals surface area contributed by atoms with Crippen LogP contribution in [0.3, 0.4) is 0 Å². The molecule has 0 radical (unpaired) electrons. The quantitative estimate of drug-likeness (QED) is 0.619. The van der Waals surface area contributed by atoms with E-state index in [-0.39, 0.29) is 47.4 Å². The first-order valence-corrected chi connectivity index (χ1v) is 11.0. The number of rotatable bonds is 5. The van der Waals surface area contributed by atoms with Gasteiger partial charge in [0.05, 0.1) is 11.8 Å². The van der Waals surface area contributed by atoms with E-state index in [4.69, 9.17) is 0 Å². The van der Waals surface area contributed by atoms with Crippen molar-refractivity contribution in [3.05, 3.63) is 48.0 Å². The van der Waals surface area contributed by atoms with Gasteiger partial charge < -0.3 is 5.32 Å². The molecule has 5 nitrogen and oxygen atoms in total. The van der Waals surface area contributed by atoms with E-state index >= 15 is 0 Å². The highest BCUT2D eigenvalue weighted by atomic mass is 16.2. The van der Waals surface area contributed by atoms with E-state index in [9.17, 15) is 14.4 Å². The second-order valence-corrected chi connectivity index (χ2v) is 9.10. The summed E-state index contributed by atoms with van der Waals surface area (Å²) in [7, 11) is 0. The van der Waals surface area contributed by atoms with Crippen LogP contribution in [-0.2, 0) is 20.8 Å². The smallest absolute Gasteiger partial charge is 0.243 e. The van der Waals surface area contributed by atoms with Crippen LogP contribution in [0.5, 0.6) is 0 Å². The van der Waals surface area contributed by atoms with Crippen LogP contribution in [0, 0.1) is 23.7 Å². The molecule has 0 unspecified atom stereocenters. The maximum Gasteiger partial charge on any atom is 0.243 e. The summed E-state index contributed by atoms with van der Waals surface area (Å²) in [6, 6.07) is 9.09. The summed E-state index contributed by atoms with van der Waals surface area (Å²) in [5.74, 6) is -0.678. The van der Waals surface area contributed by atoms with Crippen molar-refractivity contribution in [2.45, 2.75) is 57.0 Å². The number of carbonyl (C=O) groups excluding carboxylic acids is 3. The fourth-order valence-electron chi connectivity index (χ4n) is 5.92. The summed E-state index contributed by atoms with van der Waals surface area (Å²) in [6.45, 7) is 0. The molecule has 0 aromatic heterocycles. The number of allylic oxidation sites excluding steroid dienone is 2. The first-order chi connectivity index (χ1) is 14.1. The van der Waals surface area contributed by atoms with Gasteiger partial charge in [-0.2, -0.15) is 0 Å². The van der Waals surface area contributed by atoms with Crippen molar-refractivity contribution in [3.8, 4) is 0 Å². The van der Waals surface area contributed by atoms with Gasteiger partial charge in [-0.1, -0.05) is 61.7 Å². The van der Waals surface area contributed by atoms with E-state index in [0.29, 0.717) is 6.42 Å². The highest BCUT2D eigenvalue weighted by Crippen LogP contribution is 2.53. The highest BCUT2D eigenvalue weighted by Gasteiger charge is 2.61. The number of amides is 3. The minimum absolute atomic E-state index is 0.142. The van der Waals surface area contributed by atoms with E-state index < -0.39 is 6.04 Å². The van der Waals surface area contributed by atoms with Gasteiger partial charge in [0.25, 0.3) is 0 Å². The van der Waals surface area contributed by atoms with Crippen molar-refractivity contribution >= 4 is 17.7 Å². The van der Waals surface area contributed by atoms with Gasteiger partial charge >= 0.3 is 0 Å². The molecule has 3 aliphatic carbocycles. The number of hydrogen-bond acceptors (Lipinski definition) is 3. The monoisotopic (exact) mass is 392 g/mol. The van der Waals surface area contributed by atoms with Crippen LogP contribution in [0.2, 0.25) is 0 Å². The second-order valence-electron chi connectivity index (χ2n) is 9.10. The maximum absolute atomic E-state index is 13.3. The van der Waals surface area contributed by atoms with Gasteiger partial charge in [-0.05, 0) is 36.7 Å². The van der Waals surface area contributed by atoms with E-state index in [1.165, 1.54) is 11.3 Å². The summed E-state index contributed by atoms with van der Waals surface area (Å²) in [4.78, 5) is 41.3. The lowest BCUT2D eigenvalue weighted by Crippen LogP contribution is -2.53. The Morgan fingerprint density at radius 2 is 1.59 bits per heavy atom. The number of likely N-dealkylation sites (tertiary alicyclic amines) is 1. The Balaban J connectivity index is 1.41. The fourth-order valence-corrected chi connectivity index (χ4v) is 5.92. The number of imide groups is 1. The Morgan fingerprint density at radius 1 is 0.966 bits per heavy atom. The predicted molar refractivity (Wildman–Crippen MR) is 109 cm³/mol. The molecule has 2 saturated carbocycles. The summed E-state index contributed by atoms with van der Waals surface area (Å²) < 4.78 is 0. The summed E-state index contributed by atoms with van der Waals surface area (Å²) in [5, 5.41) is 3.16. The third-order valence-corrected chi connectivity index (χ3v) is 7.34. The van der Waals surface area contributed by atoms with Crippen LogP contribution >= 0.6 is 0 Å². The van der Waals surface area contributed by atoms with Crippen molar-refractivity contribution < 1.29 is 14.4 Å². The molecule has 5 atom stereocenters. The molecule has 3 amide bonds. The molecular weight excluding hydrogens is 364 g/mol. The molecule has 0 spiro atoms. The van der Waals surface area contributed by atoms with E-state index in [1.54, 1.807) is 0 Å². The Bertz CT molecular complexity index is 813. The van der Waals surface area contributed by atoms with Gasteiger partial charge in [-0.25, -0.2) is 0 Å². The molecule has 1 heterocycles. The third kappa shape index (κ3) is 3.21. The molecule has 1 saturated heterocycles. The lowest BCUT2D eigenvalue weighted by molar-refractivity contribution is -0.148. The SMILES string of the molecule is O=C(NC1CCCCC1)[C@@H](Cc1ccccc1)N1C(=O)[C@@H]2[C@@H](C1=O)[C@H]1C=C[C@@H]2C1.